The molecular weight excluding hydrogens is 294 g/mol. The number of ether oxygens (including phenoxy) is 1. The maximum absolute atomic E-state index is 12.1. The van der Waals surface area contributed by atoms with Gasteiger partial charge in [-0.1, -0.05) is 37.3 Å². The number of allylic oxidation sites excluding steroid dienone is 1. The number of nitrogens with zero attached hydrogens (tertiary/aromatic N) is 1. The van der Waals surface area contributed by atoms with Crippen LogP contribution in [0.3, 0.4) is 0 Å². The standard InChI is InChI=1S/C18H17NO4/c1-2-12-23-17-9-6-14(7-10-17)8-11-18(20)15-4-3-5-16(13-15)19(21)22/h3-11,13H,2,12H2,1H3/b11-8+. The molecule has 0 fully saturated rings. The van der Waals surface area contributed by atoms with Crippen molar-refractivity contribution in [3.8, 4) is 5.75 Å². The second-order valence-corrected chi connectivity index (χ2v) is 4.92. The molecular formula is C18H17NO4. The molecule has 0 unspecified atom stereocenters. The van der Waals surface area contributed by atoms with Crippen LogP contribution in [-0.2, 0) is 0 Å². The fraction of sp³-hybridized carbons (Fsp3) is 0.167. The van der Waals surface area contributed by atoms with E-state index in [0.29, 0.717) is 12.2 Å². The Morgan fingerprint density at radius 2 is 1.96 bits per heavy atom. The van der Waals surface area contributed by atoms with Crippen LogP contribution in [-0.4, -0.2) is 17.3 Å². The van der Waals surface area contributed by atoms with Gasteiger partial charge in [0.1, 0.15) is 5.75 Å². The van der Waals surface area contributed by atoms with Crippen LogP contribution in [0.25, 0.3) is 6.08 Å². The zero-order chi connectivity index (χ0) is 16.7. The molecule has 0 N–H and O–H groups in total. The van der Waals surface area contributed by atoms with E-state index in [2.05, 4.69) is 0 Å². The molecule has 118 valence electrons. The van der Waals surface area contributed by atoms with Crippen molar-refractivity contribution in [3.63, 3.8) is 0 Å². The summed E-state index contributed by atoms with van der Waals surface area (Å²) in [5.74, 6) is 0.508. The molecule has 0 heterocycles. The molecule has 0 saturated carbocycles. The Kier molecular flexibility index (Phi) is 5.63. The topological polar surface area (TPSA) is 69.4 Å². The molecule has 5 heteroatoms. The van der Waals surface area contributed by atoms with Gasteiger partial charge in [-0.05, 0) is 30.2 Å². The zero-order valence-electron chi connectivity index (χ0n) is 12.8. The Labute approximate surface area is 134 Å². The number of benzene rings is 2. The van der Waals surface area contributed by atoms with Crippen LogP contribution < -0.4 is 4.74 Å². The average Bonchev–Trinajstić information content (AvgIpc) is 2.58. The SMILES string of the molecule is CCCOc1ccc(/C=C/C(=O)c2cccc([N+](=O)[O-])c2)cc1. The van der Waals surface area contributed by atoms with Crippen LogP contribution in [0.2, 0.25) is 0 Å². The number of nitro benzene ring substituents is 1. The van der Waals surface area contributed by atoms with Crippen molar-refractivity contribution in [1.29, 1.82) is 0 Å². The number of hydrogen-bond acceptors (Lipinski definition) is 4. The quantitative estimate of drug-likeness (QED) is 0.331. The predicted octanol–water partition coefficient (Wildman–Crippen LogP) is 4.28. The van der Waals surface area contributed by atoms with Crippen LogP contribution >= 0.6 is 0 Å². The van der Waals surface area contributed by atoms with Crippen molar-refractivity contribution in [2.75, 3.05) is 6.61 Å². The minimum atomic E-state index is -0.518. The van der Waals surface area contributed by atoms with Gasteiger partial charge in [-0.2, -0.15) is 0 Å². The van der Waals surface area contributed by atoms with E-state index in [0.717, 1.165) is 17.7 Å². The molecule has 0 bridgehead atoms. The summed E-state index contributed by atoms with van der Waals surface area (Å²) in [6, 6.07) is 13.1. The minimum absolute atomic E-state index is 0.0957. The Morgan fingerprint density at radius 3 is 2.61 bits per heavy atom. The molecule has 0 amide bonds. The Bertz CT molecular complexity index is 720. The third-order valence-corrected chi connectivity index (χ3v) is 3.12. The highest BCUT2D eigenvalue weighted by atomic mass is 16.6. The van der Waals surface area contributed by atoms with Crippen LogP contribution in [0.15, 0.2) is 54.6 Å². The molecule has 0 spiro atoms. The number of nitro groups is 1. The fourth-order valence-corrected chi connectivity index (χ4v) is 1.94. The molecule has 0 radical (unpaired) electrons. The van der Waals surface area contributed by atoms with E-state index in [9.17, 15) is 14.9 Å². The van der Waals surface area contributed by atoms with E-state index in [-0.39, 0.29) is 11.5 Å². The number of carbonyl (C=O) groups is 1. The Morgan fingerprint density at radius 1 is 1.22 bits per heavy atom. The third kappa shape index (κ3) is 4.78. The van der Waals surface area contributed by atoms with Gasteiger partial charge in [0.2, 0.25) is 0 Å². The molecule has 0 aliphatic heterocycles. The van der Waals surface area contributed by atoms with Gasteiger partial charge in [-0.15, -0.1) is 0 Å². The van der Waals surface area contributed by atoms with E-state index in [1.807, 2.05) is 31.2 Å². The largest absolute Gasteiger partial charge is 0.494 e. The van der Waals surface area contributed by atoms with Crippen LogP contribution in [0.5, 0.6) is 5.75 Å². The summed E-state index contributed by atoms with van der Waals surface area (Å²) in [4.78, 5) is 22.3. The summed E-state index contributed by atoms with van der Waals surface area (Å²) >= 11 is 0. The van der Waals surface area contributed by atoms with E-state index in [1.165, 1.54) is 24.3 Å². The van der Waals surface area contributed by atoms with E-state index in [1.54, 1.807) is 12.1 Å². The van der Waals surface area contributed by atoms with E-state index < -0.39 is 4.92 Å². The molecule has 5 nitrogen and oxygen atoms in total. The number of non-ortho nitro benzene ring substituents is 1. The highest BCUT2D eigenvalue weighted by molar-refractivity contribution is 6.07. The first-order valence-electron chi connectivity index (χ1n) is 7.30. The van der Waals surface area contributed by atoms with Gasteiger partial charge in [0, 0.05) is 17.7 Å². The lowest BCUT2D eigenvalue weighted by Gasteiger charge is -2.03. The Balaban J connectivity index is 2.06. The molecule has 2 aromatic rings. The smallest absolute Gasteiger partial charge is 0.270 e. The average molecular weight is 311 g/mol. The van der Waals surface area contributed by atoms with E-state index in [4.69, 9.17) is 4.74 Å². The summed E-state index contributed by atoms with van der Waals surface area (Å²) in [6.45, 7) is 2.71. The molecule has 0 aliphatic rings. The van der Waals surface area contributed by atoms with Gasteiger partial charge < -0.3 is 4.74 Å². The molecule has 0 atom stereocenters. The first-order chi connectivity index (χ1) is 11.1. The molecule has 0 saturated heterocycles. The molecule has 23 heavy (non-hydrogen) atoms. The maximum atomic E-state index is 12.1. The summed E-state index contributed by atoms with van der Waals surface area (Å²) in [6.07, 6.45) is 4.02. The highest BCUT2D eigenvalue weighted by Gasteiger charge is 2.09. The summed E-state index contributed by atoms with van der Waals surface area (Å²) in [7, 11) is 0. The predicted molar refractivity (Wildman–Crippen MR) is 88.7 cm³/mol. The van der Waals surface area contributed by atoms with Crippen LogP contribution in [0.4, 0.5) is 5.69 Å². The second-order valence-electron chi connectivity index (χ2n) is 4.92. The lowest BCUT2D eigenvalue weighted by molar-refractivity contribution is -0.384. The zero-order valence-corrected chi connectivity index (χ0v) is 12.8. The first kappa shape index (κ1) is 16.4. The van der Waals surface area contributed by atoms with Gasteiger partial charge >= 0.3 is 0 Å². The fourth-order valence-electron chi connectivity index (χ4n) is 1.94. The second kappa shape index (κ2) is 7.89. The van der Waals surface area contributed by atoms with Crippen LogP contribution in [0.1, 0.15) is 29.3 Å². The summed E-state index contributed by atoms with van der Waals surface area (Å²) in [5, 5.41) is 10.7. The summed E-state index contributed by atoms with van der Waals surface area (Å²) in [5.41, 5.74) is 1.05. The van der Waals surface area contributed by atoms with Gasteiger partial charge in [0.15, 0.2) is 5.78 Å². The highest BCUT2D eigenvalue weighted by Crippen LogP contribution is 2.16. The van der Waals surface area contributed by atoms with Gasteiger partial charge in [-0.25, -0.2) is 0 Å². The maximum Gasteiger partial charge on any atom is 0.270 e. The number of carbonyl (C=O) groups excluding carboxylic acids is 1. The van der Waals surface area contributed by atoms with Crippen molar-refractivity contribution >= 4 is 17.5 Å². The number of ketones is 1. The summed E-state index contributed by atoms with van der Waals surface area (Å²) < 4.78 is 5.49. The van der Waals surface area contributed by atoms with Crippen molar-refractivity contribution in [1.82, 2.24) is 0 Å². The molecule has 2 aromatic carbocycles. The van der Waals surface area contributed by atoms with Gasteiger partial charge in [0.25, 0.3) is 5.69 Å². The lowest BCUT2D eigenvalue weighted by atomic mass is 10.1. The van der Waals surface area contributed by atoms with Crippen molar-refractivity contribution in [2.45, 2.75) is 13.3 Å². The molecule has 0 aliphatic carbocycles. The van der Waals surface area contributed by atoms with Crippen molar-refractivity contribution in [2.24, 2.45) is 0 Å². The first-order valence-corrected chi connectivity index (χ1v) is 7.30. The lowest BCUT2D eigenvalue weighted by Crippen LogP contribution is -1.96. The van der Waals surface area contributed by atoms with Crippen molar-refractivity contribution in [3.05, 3.63) is 75.8 Å². The van der Waals surface area contributed by atoms with Crippen molar-refractivity contribution < 1.29 is 14.5 Å². The third-order valence-electron chi connectivity index (χ3n) is 3.12. The van der Waals surface area contributed by atoms with E-state index >= 15 is 0 Å². The Hall–Kier alpha value is -2.95. The molecule has 0 aromatic heterocycles. The number of rotatable bonds is 7. The van der Waals surface area contributed by atoms with Gasteiger partial charge in [-0.3, -0.25) is 14.9 Å². The van der Waals surface area contributed by atoms with Gasteiger partial charge in [0.05, 0.1) is 11.5 Å². The monoisotopic (exact) mass is 311 g/mol. The number of hydrogen-bond donors (Lipinski definition) is 0. The molecule has 2 rings (SSSR count). The van der Waals surface area contributed by atoms with Crippen LogP contribution in [0, 0.1) is 10.1 Å². The normalized spacial score (nSPS) is 10.7. The minimum Gasteiger partial charge on any atom is -0.494 e.